The van der Waals surface area contributed by atoms with E-state index >= 15 is 0 Å². The first-order chi connectivity index (χ1) is 16.9. The fraction of sp³-hybridized carbons (Fsp3) is 0.478. The second kappa shape index (κ2) is 9.72. The molecule has 1 aromatic heterocycles. The van der Waals surface area contributed by atoms with Crippen LogP contribution in [-0.2, 0) is 9.47 Å². The Balaban J connectivity index is 1.47. The highest BCUT2D eigenvalue weighted by molar-refractivity contribution is 5.77. The van der Waals surface area contributed by atoms with Crippen molar-refractivity contribution in [3.05, 3.63) is 47.0 Å². The Kier molecular flexibility index (Phi) is 5.67. The normalized spacial score (nSPS) is 23.5. The molecule has 0 bridgehead atoms. The van der Waals surface area contributed by atoms with Gasteiger partial charge in [-0.2, -0.15) is 4.98 Å². The molecule has 1 fully saturated rings. The molecule has 0 aliphatic carbocycles. The van der Waals surface area contributed by atoms with E-state index in [2.05, 4.69) is 16.9 Å². The van der Waals surface area contributed by atoms with Crippen LogP contribution in [0.25, 0.3) is 0 Å². The Bertz CT molecular complexity index is 1110. The Morgan fingerprint density at radius 2 is 2.44 bits per heavy atom. The van der Waals surface area contributed by atoms with Crippen molar-refractivity contribution in [1.82, 2.24) is 9.55 Å². The lowest BCUT2D eigenvalue weighted by atomic mass is 10.1. The van der Waals surface area contributed by atoms with Gasteiger partial charge in [-0.3, -0.25) is 4.57 Å². The summed E-state index contributed by atoms with van der Waals surface area (Å²) < 4.78 is 45.6. The summed E-state index contributed by atoms with van der Waals surface area (Å²) >= 11 is 0. The first kappa shape index (κ1) is 18.7. The number of aliphatic hydroxyl groups excluding tert-OH is 1. The fourth-order valence-electron chi connectivity index (χ4n) is 3.73. The molecule has 0 amide bonds. The van der Waals surface area contributed by atoms with E-state index in [-0.39, 0.29) is 18.8 Å². The van der Waals surface area contributed by atoms with Crippen LogP contribution in [0, 0.1) is 0 Å². The minimum atomic E-state index is -1.48. The number of methoxy groups -OCH3 is 1. The molecular formula is C23H29N3O6. The van der Waals surface area contributed by atoms with Crippen molar-refractivity contribution in [3.63, 3.8) is 0 Å². The summed E-state index contributed by atoms with van der Waals surface area (Å²) in [5.74, 6) is 1.73. The van der Waals surface area contributed by atoms with Gasteiger partial charge in [0.15, 0.2) is 17.3 Å². The molecule has 4 atom stereocenters. The minimum absolute atomic E-state index is 0.105. The van der Waals surface area contributed by atoms with Crippen LogP contribution in [0.4, 0.5) is 11.5 Å². The zero-order valence-corrected chi connectivity index (χ0v) is 17.9. The van der Waals surface area contributed by atoms with Crippen LogP contribution in [0.2, 0.25) is 0 Å². The zero-order valence-electron chi connectivity index (χ0n) is 20.9. The summed E-state index contributed by atoms with van der Waals surface area (Å²) in [7, 11) is -1.48. The molecule has 32 heavy (non-hydrogen) atoms. The Morgan fingerprint density at radius 3 is 3.25 bits per heavy atom. The molecule has 1 aromatic carbocycles. The number of hydrogen-bond acceptors (Lipinski definition) is 8. The number of ether oxygens (including phenoxy) is 4. The van der Waals surface area contributed by atoms with Gasteiger partial charge in [-0.1, -0.05) is 11.6 Å². The van der Waals surface area contributed by atoms with Crippen LogP contribution < -0.4 is 20.5 Å². The highest BCUT2D eigenvalue weighted by atomic mass is 16.6. The van der Waals surface area contributed by atoms with Crippen molar-refractivity contribution in [2.45, 2.75) is 51.0 Å². The molecule has 2 aromatic rings. The molecule has 2 unspecified atom stereocenters. The number of nitrogens with zero attached hydrogens (tertiary/aromatic N) is 2. The molecule has 2 N–H and O–H groups in total. The van der Waals surface area contributed by atoms with Gasteiger partial charge < -0.3 is 29.4 Å². The van der Waals surface area contributed by atoms with Crippen molar-refractivity contribution in [1.29, 1.82) is 1.43 Å². The van der Waals surface area contributed by atoms with Crippen LogP contribution in [0.1, 0.15) is 41.6 Å². The number of rotatable bonds is 10. The Hall–Kier alpha value is -2.88. The SMILES string of the molecule is [2H]C([3H])OC[C@H]1O[C@@H](n2cc3c(nc2=O)Nc2c(OCCCCC(=C)C)cccc2O3)CC1O[3H]. The standard InChI is InChI=1S/C23H29N3O6/c1-14(2)7-4-5-10-30-16-8-6-9-17-21(16)24-22-18(31-17)12-26(23(28)25-22)20-11-15(27)19(32-20)13-29-3/h6,8-9,12,15,19-20,27H,1,4-5,7,10-11,13H2,2-3H3,(H,24,25,28)/t15?,19-,20-/m1/s1/i3TD,27T/t3?,15?,19-,20-. The fourth-order valence-corrected chi connectivity index (χ4v) is 3.73. The molecule has 2 aliphatic heterocycles. The van der Waals surface area contributed by atoms with Crippen molar-refractivity contribution in [3.8, 4) is 17.2 Å². The first-order valence-corrected chi connectivity index (χ1v) is 10.6. The van der Waals surface area contributed by atoms with E-state index in [9.17, 15) is 4.79 Å². The number of fused-ring (bicyclic) bond motifs is 2. The third-order valence-electron chi connectivity index (χ3n) is 5.38. The number of nitrogens with one attached hydrogen (secondary N) is 1. The molecule has 2 aliphatic rings. The number of para-hydroxylation sites is 1. The Labute approximate surface area is 190 Å². The van der Waals surface area contributed by atoms with Gasteiger partial charge >= 0.3 is 5.69 Å². The van der Waals surface area contributed by atoms with Gasteiger partial charge in [0, 0.05) is 13.5 Å². The maximum absolute atomic E-state index is 12.8. The topological polar surface area (TPSA) is 104 Å². The molecule has 1 saturated heterocycles. The summed E-state index contributed by atoms with van der Waals surface area (Å²) in [6, 6.07) is 5.44. The number of aromatic nitrogens is 2. The first-order valence-electron chi connectivity index (χ1n) is 12.1. The summed E-state index contributed by atoms with van der Waals surface area (Å²) in [6.07, 6.45) is 2.39. The van der Waals surface area contributed by atoms with Crippen LogP contribution in [-0.4, -0.2) is 48.6 Å². The monoisotopic (exact) mass is 448 g/mol. The third-order valence-corrected chi connectivity index (χ3v) is 5.38. The molecule has 3 heterocycles. The molecule has 9 heteroatoms. The van der Waals surface area contributed by atoms with E-state index in [1.807, 2.05) is 19.1 Å². The second-order valence-corrected chi connectivity index (χ2v) is 8.00. The largest absolute Gasteiger partial charge is 0.491 e. The molecule has 172 valence electrons. The summed E-state index contributed by atoms with van der Waals surface area (Å²) in [5, 5.41) is 7.85. The molecular weight excluding hydrogens is 414 g/mol. The lowest BCUT2D eigenvalue weighted by Crippen LogP contribution is -2.29. The van der Waals surface area contributed by atoms with E-state index in [1.165, 1.54) is 10.8 Å². The number of aliphatic hydroxyl groups is 1. The quantitative estimate of drug-likeness (QED) is 0.359. The van der Waals surface area contributed by atoms with E-state index in [4.69, 9.17) is 28.2 Å². The van der Waals surface area contributed by atoms with Crippen LogP contribution >= 0.6 is 0 Å². The highest BCUT2D eigenvalue weighted by Gasteiger charge is 2.36. The van der Waals surface area contributed by atoms with Gasteiger partial charge in [-0.05, 0) is 38.3 Å². The average Bonchev–Trinajstić information content (AvgIpc) is 3.24. The van der Waals surface area contributed by atoms with Crippen molar-refractivity contribution in [2.24, 2.45) is 0 Å². The van der Waals surface area contributed by atoms with E-state index in [0.717, 1.165) is 24.8 Å². The Morgan fingerprint density at radius 1 is 1.53 bits per heavy atom. The van der Waals surface area contributed by atoms with Gasteiger partial charge in [0.2, 0.25) is 1.43 Å². The van der Waals surface area contributed by atoms with Gasteiger partial charge in [0.25, 0.3) is 0 Å². The zero-order chi connectivity index (χ0) is 24.9. The molecule has 0 saturated carbocycles. The van der Waals surface area contributed by atoms with Crippen LogP contribution in [0.5, 0.6) is 17.2 Å². The maximum atomic E-state index is 12.8. The van der Waals surface area contributed by atoms with Crippen molar-refractivity contribution < 1.29 is 26.8 Å². The van der Waals surface area contributed by atoms with Crippen LogP contribution in [0.15, 0.2) is 41.3 Å². The third kappa shape index (κ3) is 4.79. The lowest BCUT2D eigenvalue weighted by molar-refractivity contribution is -0.0547. The van der Waals surface area contributed by atoms with Crippen LogP contribution in [0.3, 0.4) is 0 Å². The van der Waals surface area contributed by atoms with E-state index < -0.39 is 31.2 Å². The predicted octanol–water partition coefficient (Wildman–Crippen LogP) is 3.51. The van der Waals surface area contributed by atoms with Crippen molar-refractivity contribution in [2.75, 3.05) is 25.6 Å². The van der Waals surface area contributed by atoms with Gasteiger partial charge in [-0.15, -0.1) is 6.58 Å². The van der Waals surface area contributed by atoms with E-state index in [0.29, 0.717) is 29.5 Å². The number of unbranched alkanes of at least 4 members (excludes halogenated alkanes) is 1. The maximum Gasteiger partial charge on any atom is 0.351 e. The molecule has 4 rings (SSSR count). The molecule has 0 spiro atoms. The number of allylic oxidation sites excluding steroid dienone is 1. The number of anilines is 2. The van der Waals surface area contributed by atoms with Gasteiger partial charge in [-0.25, -0.2) is 4.79 Å². The molecule has 0 radical (unpaired) electrons. The smallest absolute Gasteiger partial charge is 0.351 e. The van der Waals surface area contributed by atoms with Crippen molar-refractivity contribution >= 4 is 11.5 Å². The minimum Gasteiger partial charge on any atom is -0.491 e. The average molecular weight is 449 g/mol. The second-order valence-electron chi connectivity index (χ2n) is 8.00. The summed E-state index contributed by atoms with van der Waals surface area (Å²) in [4.78, 5) is 16.9. The van der Waals surface area contributed by atoms with E-state index in [1.54, 1.807) is 6.07 Å². The number of benzene rings is 1. The highest BCUT2D eigenvalue weighted by Crippen LogP contribution is 2.45. The van der Waals surface area contributed by atoms with Gasteiger partial charge in [0.1, 0.15) is 23.8 Å². The lowest BCUT2D eigenvalue weighted by Gasteiger charge is -2.24. The number of hydrogen-bond donors (Lipinski definition) is 2. The van der Waals surface area contributed by atoms with Gasteiger partial charge in [0.05, 0.1) is 28.3 Å². The summed E-state index contributed by atoms with van der Waals surface area (Å²) in [6.45, 7) is 6.35. The molecule has 9 nitrogen and oxygen atoms in total. The predicted molar refractivity (Wildman–Crippen MR) is 119 cm³/mol. The summed E-state index contributed by atoms with van der Waals surface area (Å²) in [5.41, 5.74) is 1.17.